The van der Waals surface area contributed by atoms with Gasteiger partial charge in [0.2, 0.25) is 0 Å². The zero-order valence-electron chi connectivity index (χ0n) is 18.4. The third kappa shape index (κ3) is 5.17. The number of allylic oxidation sites excluding steroid dienone is 4. The number of hydrogen-bond donors (Lipinski definition) is 0. The molecule has 0 spiro atoms. The van der Waals surface area contributed by atoms with E-state index >= 15 is 0 Å². The Balaban J connectivity index is 0.00000392. The SMILES string of the molecule is C#Cc1ccc(C(C)(C)CC(C)(C)C)cc1C(=C)N=C1C=CC=CC1=NC.[H]. The normalized spacial score (nSPS) is 17.4. The van der Waals surface area contributed by atoms with Crippen molar-refractivity contribution in [3.63, 3.8) is 0 Å². The third-order valence-corrected chi connectivity index (χ3v) is 4.62. The van der Waals surface area contributed by atoms with Crippen molar-refractivity contribution in [2.75, 3.05) is 7.05 Å². The lowest BCUT2D eigenvalue weighted by Gasteiger charge is -2.33. The van der Waals surface area contributed by atoms with Crippen LogP contribution in [0.25, 0.3) is 5.70 Å². The van der Waals surface area contributed by atoms with Gasteiger partial charge in [0.05, 0.1) is 17.1 Å². The van der Waals surface area contributed by atoms with Gasteiger partial charge in [-0.3, -0.25) is 4.99 Å². The summed E-state index contributed by atoms with van der Waals surface area (Å²) in [6.07, 6.45) is 14.6. The lowest BCUT2D eigenvalue weighted by Crippen LogP contribution is -2.25. The zero-order chi connectivity index (χ0) is 20.2. The van der Waals surface area contributed by atoms with Crippen molar-refractivity contribution >= 4 is 17.1 Å². The molecule has 2 nitrogen and oxygen atoms in total. The summed E-state index contributed by atoms with van der Waals surface area (Å²) in [7, 11) is 1.76. The first-order valence-electron chi connectivity index (χ1n) is 9.28. The first-order valence-corrected chi connectivity index (χ1v) is 9.28. The maximum atomic E-state index is 5.75. The Hall–Kier alpha value is -2.66. The quantitative estimate of drug-likeness (QED) is 0.458. The van der Waals surface area contributed by atoms with Gasteiger partial charge in [0.1, 0.15) is 0 Å². The first kappa shape index (κ1) is 20.6. The summed E-state index contributed by atoms with van der Waals surface area (Å²) in [5.74, 6) is 2.77. The fourth-order valence-electron chi connectivity index (χ4n) is 3.71. The van der Waals surface area contributed by atoms with Gasteiger partial charge in [0, 0.05) is 19.6 Å². The highest BCUT2D eigenvalue weighted by atomic mass is 14.8. The Bertz CT molecular complexity index is 897. The van der Waals surface area contributed by atoms with Crippen molar-refractivity contribution < 1.29 is 1.43 Å². The summed E-state index contributed by atoms with van der Waals surface area (Å²) in [5.41, 5.74) is 5.52. The summed E-state index contributed by atoms with van der Waals surface area (Å²) in [4.78, 5) is 9.00. The largest absolute Gasteiger partial charge is 0.286 e. The third-order valence-electron chi connectivity index (χ3n) is 4.62. The smallest absolute Gasteiger partial charge is 0.0888 e. The minimum atomic E-state index is 0. The highest BCUT2D eigenvalue weighted by molar-refractivity contribution is 6.51. The summed E-state index contributed by atoms with van der Waals surface area (Å²) in [5, 5.41) is 0. The van der Waals surface area contributed by atoms with Crippen LogP contribution in [-0.2, 0) is 5.41 Å². The zero-order valence-corrected chi connectivity index (χ0v) is 17.4. The number of aliphatic imine (C=N–C) groups is 2. The topological polar surface area (TPSA) is 24.7 Å². The van der Waals surface area contributed by atoms with E-state index in [0.29, 0.717) is 5.70 Å². The fourth-order valence-corrected chi connectivity index (χ4v) is 3.71. The molecule has 0 amide bonds. The number of hydrogen-bond acceptors (Lipinski definition) is 2. The summed E-state index contributed by atoms with van der Waals surface area (Å²) in [6, 6.07) is 6.29. The average Bonchev–Trinajstić information content (AvgIpc) is 2.59. The van der Waals surface area contributed by atoms with Gasteiger partial charge < -0.3 is 0 Å². The molecule has 2 rings (SSSR count). The van der Waals surface area contributed by atoms with Gasteiger partial charge in [0.25, 0.3) is 0 Å². The van der Waals surface area contributed by atoms with Crippen molar-refractivity contribution in [3.8, 4) is 12.3 Å². The van der Waals surface area contributed by atoms with E-state index < -0.39 is 0 Å². The molecule has 1 aromatic rings. The number of benzene rings is 1. The second kappa shape index (κ2) is 7.92. The Kier molecular flexibility index (Phi) is 6.06. The predicted octanol–water partition coefficient (Wildman–Crippen LogP) is 6.10. The number of nitrogens with zero attached hydrogens (tertiary/aromatic N) is 2. The molecule has 0 atom stereocenters. The molecule has 27 heavy (non-hydrogen) atoms. The Labute approximate surface area is 166 Å². The van der Waals surface area contributed by atoms with Crippen LogP contribution in [0, 0.1) is 17.8 Å². The summed E-state index contributed by atoms with van der Waals surface area (Å²) < 4.78 is 0. The second-order valence-electron chi connectivity index (χ2n) is 8.80. The van der Waals surface area contributed by atoms with E-state index in [4.69, 9.17) is 11.4 Å². The van der Waals surface area contributed by atoms with E-state index in [-0.39, 0.29) is 12.3 Å². The molecule has 2 heteroatoms. The number of rotatable bonds is 4. The van der Waals surface area contributed by atoms with Crippen LogP contribution >= 0.6 is 0 Å². The van der Waals surface area contributed by atoms with E-state index in [2.05, 4.69) is 64.2 Å². The maximum Gasteiger partial charge on any atom is 0.0888 e. The molecule has 1 aromatic carbocycles. The first-order chi connectivity index (χ1) is 12.6. The van der Waals surface area contributed by atoms with Gasteiger partial charge in [-0.25, -0.2) is 4.99 Å². The maximum absolute atomic E-state index is 5.75. The van der Waals surface area contributed by atoms with Crippen LogP contribution in [0.5, 0.6) is 0 Å². The van der Waals surface area contributed by atoms with E-state index in [1.54, 1.807) is 7.05 Å². The highest BCUT2D eigenvalue weighted by Gasteiger charge is 2.28. The van der Waals surface area contributed by atoms with Gasteiger partial charge in [0.15, 0.2) is 0 Å². The lowest BCUT2D eigenvalue weighted by molar-refractivity contribution is 0.284. The minimum absolute atomic E-state index is 0. The minimum Gasteiger partial charge on any atom is -0.286 e. The summed E-state index contributed by atoms with van der Waals surface area (Å²) >= 11 is 0. The molecule has 0 unspecified atom stereocenters. The van der Waals surface area contributed by atoms with Crippen LogP contribution in [0.4, 0.5) is 0 Å². The van der Waals surface area contributed by atoms with Crippen LogP contribution in [0.2, 0.25) is 0 Å². The van der Waals surface area contributed by atoms with Crippen LogP contribution in [0.3, 0.4) is 0 Å². The van der Waals surface area contributed by atoms with Crippen LogP contribution < -0.4 is 0 Å². The van der Waals surface area contributed by atoms with Gasteiger partial charge in [-0.15, -0.1) is 6.42 Å². The van der Waals surface area contributed by atoms with E-state index in [0.717, 1.165) is 29.0 Å². The Morgan fingerprint density at radius 3 is 2.30 bits per heavy atom. The Morgan fingerprint density at radius 1 is 1.11 bits per heavy atom. The molecular formula is C25H31N2. The van der Waals surface area contributed by atoms with E-state index in [1.807, 2.05) is 30.4 Å². The second-order valence-corrected chi connectivity index (χ2v) is 8.80. The molecule has 1 radical (unpaired) electrons. The standard InChI is InChI=1S/C25H30N2.H/c1-9-19-14-15-20(25(6,7)17-24(3,4)5)16-21(19)18(2)27-23-13-11-10-12-22(23)26-8;/h1,10-16H,2,17H2,3-8H3;. The molecule has 1 aliphatic rings. The van der Waals surface area contributed by atoms with Gasteiger partial charge in [-0.05, 0) is 47.1 Å². The molecule has 1 aliphatic carbocycles. The molecule has 0 aliphatic heterocycles. The van der Waals surface area contributed by atoms with Crippen LogP contribution in [-0.4, -0.2) is 18.5 Å². The molecule has 0 aromatic heterocycles. The predicted molar refractivity (Wildman–Crippen MR) is 121 cm³/mol. The number of terminal acetylenes is 1. The van der Waals surface area contributed by atoms with E-state index in [1.165, 1.54) is 5.56 Å². The molecular weight excluding hydrogens is 328 g/mol. The molecule has 0 N–H and O–H groups in total. The van der Waals surface area contributed by atoms with Crippen LogP contribution in [0.1, 0.15) is 59.2 Å². The van der Waals surface area contributed by atoms with Gasteiger partial charge >= 0.3 is 0 Å². The van der Waals surface area contributed by atoms with Crippen molar-refractivity contribution in [2.45, 2.75) is 46.5 Å². The van der Waals surface area contributed by atoms with Crippen LogP contribution in [0.15, 0.2) is 59.1 Å². The molecule has 0 heterocycles. The molecule has 0 saturated carbocycles. The Morgan fingerprint density at radius 2 is 1.74 bits per heavy atom. The fraction of sp³-hybridized carbons (Fsp3) is 0.360. The van der Waals surface area contributed by atoms with E-state index in [9.17, 15) is 0 Å². The molecule has 0 saturated heterocycles. The van der Waals surface area contributed by atoms with Crippen molar-refractivity contribution in [2.24, 2.45) is 15.4 Å². The molecule has 141 valence electrons. The highest BCUT2D eigenvalue weighted by Crippen LogP contribution is 2.37. The van der Waals surface area contributed by atoms with Crippen molar-refractivity contribution in [1.82, 2.24) is 0 Å². The summed E-state index contributed by atoms with van der Waals surface area (Å²) in [6.45, 7) is 15.6. The van der Waals surface area contributed by atoms with Crippen molar-refractivity contribution in [3.05, 3.63) is 65.8 Å². The monoisotopic (exact) mass is 359 g/mol. The molecule has 0 fully saturated rings. The van der Waals surface area contributed by atoms with Gasteiger partial charge in [-0.1, -0.05) is 65.3 Å². The lowest BCUT2D eigenvalue weighted by atomic mass is 9.72. The van der Waals surface area contributed by atoms with Gasteiger partial charge in [-0.2, -0.15) is 0 Å². The molecule has 0 bridgehead atoms. The van der Waals surface area contributed by atoms with Crippen molar-refractivity contribution in [1.29, 1.82) is 0 Å². The average molecular weight is 360 g/mol.